The maximum absolute atomic E-state index is 13.2. The molecule has 5 nitrogen and oxygen atoms in total. The minimum absolute atomic E-state index is 0.124. The average Bonchev–Trinajstić information content (AvgIpc) is 3.16. The molecular formula is C21H25ClN2O3S. The maximum atomic E-state index is 13.2. The highest BCUT2D eigenvalue weighted by atomic mass is 35.5. The molecule has 0 aliphatic heterocycles. The largest absolute Gasteiger partial charge is 0.352 e. The number of carbonyl (C=O) groups is 1. The number of nitrogens with one attached hydrogen (secondary N) is 1. The quantitative estimate of drug-likeness (QED) is 0.738. The van der Waals surface area contributed by atoms with Crippen LogP contribution in [0.1, 0.15) is 36.8 Å². The summed E-state index contributed by atoms with van der Waals surface area (Å²) in [5.74, 6) is -0.266. The van der Waals surface area contributed by atoms with Crippen LogP contribution in [0.3, 0.4) is 0 Å². The molecule has 0 bridgehead atoms. The Morgan fingerprint density at radius 2 is 1.75 bits per heavy atom. The van der Waals surface area contributed by atoms with Crippen molar-refractivity contribution in [3.8, 4) is 0 Å². The molecule has 2 aromatic carbocycles. The van der Waals surface area contributed by atoms with Crippen molar-refractivity contribution in [2.75, 3.05) is 6.54 Å². The smallest absolute Gasteiger partial charge is 0.243 e. The van der Waals surface area contributed by atoms with E-state index in [1.165, 1.54) is 16.4 Å². The molecule has 2 aromatic rings. The zero-order chi connectivity index (χ0) is 20.1. The average molecular weight is 421 g/mol. The molecule has 150 valence electrons. The molecule has 3 rings (SSSR count). The van der Waals surface area contributed by atoms with E-state index in [1.807, 2.05) is 31.2 Å². The summed E-state index contributed by atoms with van der Waals surface area (Å²) >= 11 is 5.90. The second-order valence-electron chi connectivity index (χ2n) is 7.20. The van der Waals surface area contributed by atoms with E-state index in [0.29, 0.717) is 5.02 Å². The molecule has 0 heterocycles. The summed E-state index contributed by atoms with van der Waals surface area (Å²) in [5, 5.41) is 3.44. The Bertz CT molecular complexity index is 923. The first-order valence-corrected chi connectivity index (χ1v) is 11.3. The van der Waals surface area contributed by atoms with Gasteiger partial charge in [-0.25, -0.2) is 8.42 Å². The predicted octanol–water partition coefficient (Wildman–Crippen LogP) is 3.90. The number of halogens is 1. The van der Waals surface area contributed by atoms with Gasteiger partial charge >= 0.3 is 0 Å². The van der Waals surface area contributed by atoms with E-state index in [0.717, 1.165) is 36.8 Å². The molecule has 0 aromatic heterocycles. The van der Waals surface area contributed by atoms with Gasteiger partial charge in [0.05, 0.1) is 11.4 Å². The molecule has 1 fully saturated rings. The monoisotopic (exact) mass is 420 g/mol. The van der Waals surface area contributed by atoms with E-state index in [4.69, 9.17) is 11.6 Å². The molecule has 1 saturated carbocycles. The van der Waals surface area contributed by atoms with Crippen molar-refractivity contribution in [1.82, 2.24) is 9.62 Å². The Morgan fingerprint density at radius 1 is 1.11 bits per heavy atom. The van der Waals surface area contributed by atoms with Crippen molar-refractivity contribution in [2.24, 2.45) is 0 Å². The van der Waals surface area contributed by atoms with Crippen molar-refractivity contribution in [3.05, 3.63) is 64.7 Å². The van der Waals surface area contributed by atoms with Crippen molar-refractivity contribution in [2.45, 2.75) is 50.1 Å². The summed E-state index contributed by atoms with van der Waals surface area (Å²) in [6.45, 7) is 1.85. The van der Waals surface area contributed by atoms with Gasteiger partial charge in [-0.1, -0.05) is 48.7 Å². The van der Waals surface area contributed by atoms with Crippen LogP contribution in [-0.4, -0.2) is 31.2 Å². The SMILES string of the molecule is Cc1ccccc1CN(CC(=O)NC1CCCC1)S(=O)(=O)c1ccc(Cl)cc1. The van der Waals surface area contributed by atoms with Gasteiger partial charge in [0.2, 0.25) is 15.9 Å². The first-order chi connectivity index (χ1) is 13.4. The highest BCUT2D eigenvalue weighted by molar-refractivity contribution is 7.89. The summed E-state index contributed by atoms with van der Waals surface area (Å²) in [4.78, 5) is 12.7. The predicted molar refractivity (Wildman–Crippen MR) is 111 cm³/mol. The number of rotatable bonds is 7. The van der Waals surface area contributed by atoms with Gasteiger partial charge in [0.15, 0.2) is 0 Å². The molecule has 0 unspecified atom stereocenters. The highest BCUT2D eigenvalue weighted by Crippen LogP contribution is 2.22. The number of carbonyl (C=O) groups excluding carboxylic acids is 1. The third-order valence-electron chi connectivity index (χ3n) is 5.10. The van der Waals surface area contributed by atoms with Crippen LogP contribution in [0.15, 0.2) is 53.4 Å². The fourth-order valence-corrected chi connectivity index (χ4v) is 4.96. The first-order valence-electron chi connectivity index (χ1n) is 9.46. The van der Waals surface area contributed by atoms with E-state index in [-0.39, 0.29) is 29.9 Å². The van der Waals surface area contributed by atoms with Gasteiger partial charge in [-0.05, 0) is 55.2 Å². The second kappa shape index (κ2) is 9.07. The fourth-order valence-electron chi connectivity index (χ4n) is 3.46. The van der Waals surface area contributed by atoms with E-state index < -0.39 is 10.0 Å². The number of benzene rings is 2. The van der Waals surface area contributed by atoms with Gasteiger partial charge in [-0.3, -0.25) is 4.79 Å². The minimum Gasteiger partial charge on any atom is -0.352 e. The summed E-state index contributed by atoms with van der Waals surface area (Å²) < 4.78 is 27.7. The zero-order valence-corrected chi connectivity index (χ0v) is 17.5. The molecule has 7 heteroatoms. The molecule has 1 amide bonds. The molecule has 28 heavy (non-hydrogen) atoms. The zero-order valence-electron chi connectivity index (χ0n) is 15.9. The minimum atomic E-state index is -3.85. The van der Waals surface area contributed by atoms with Gasteiger partial charge in [0, 0.05) is 17.6 Å². The van der Waals surface area contributed by atoms with Gasteiger partial charge < -0.3 is 5.32 Å². The lowest BCUT2D eigenvalue weighted by Gasteiger charge is -2.24. The fraction of sp³-hybridized carbons (Fsp3) is 0.381. The number of hydrogen-bond acceptors (Lipinski definition) is 3. The van der Waals surface area contributed by atoms with Gasteiger partial charge in [-0.15, -0.1) is 0 Å². The normalized spacial score (nSPS) is 15.1. The van der Waals surface area contributed by atoms with Crippen LogP contribution in [0.5, 0.6) is 0 Å². The first kappa shape index (κ1) is 20.8. The van der Waals surface area contributed by atoms with E-state index in [2.05, 4.69) is 5.32 Å². The van der Waals surface area contributed by atoms with Crippen molar-refractivity contribution < 1.29 is 13.2 Å². The van der Waals surface area contributed by atoms with Crippen LogP contribution in [0.25, 0.3) is 0 Å². The number of amides is 1. The van der Waals surface area contributed by atoms with Crippen LogP contribution in [0, 0.1) is 6.92 Å². The van der Waals surface area contributed by atoms with Crippen LogP contribution in [-0.2, 0) is 21.4 Å². The Labute approximate surface area is 171 Å². The number of nitrogens with zero attached hydrogens (tertiary/aromatic N) is 1. The van der Waals surface area contributed by atoms with Crippen LogP contribution in [0.2, 0.25) is 5.02 Å². The van der Waals surface area contributed by atoms with Crippen molar-refractivity contribution in [1.29, 1.82) is 0 Å². The summed E-state index contributed by atoms with van der Waals surface area (Å²) in [7, 11) is -3.85. The summed E-state index contributed by atoms with van der Waals surface area (Å²) in [5.41, 5.74) is 1.85. The summed E-state index contributed by atoms with van der Waals surface area (Å²) in [6, 6.07) is 13.8. The highest BCUT2D eigenvalue weighted by Gasteiger charge is 2.28. The van der Waals surface area contributed by atoms with Crippen molar-refractivity contribution in [3.63, 3.8) is 0 Å². The van der Waals surface area contributed by atoms with E-state index in [9.17, 15) is 13.2 Å². The lowest BCUT2D eigenvalue weighted by atomic mass is 10.1. The number of aryl methyl sites for hydroxylation is 1. The Kier molecular flexibility index (Phi) is 6.75. The van der Waals surface area contributed by atoms with E-state index in [1.54, 1.807) is 12.1 Å². The molecule has 0 atom stereocenters. The van der Waals surface area contributed by atoms with Crippen molar-refractivity contribution >= 4 is 27.5 Å². The summed E-state index contributed by atoms with van der Waals surface area (Å²) in [6.07, 6.45) is 4.10. The van der Waals surface area contributed by atoms with E-state index >= 15 is 0 Å². The number of sulfonamides is 1. The second-order valence-corrected chi connectivity index (χ2v) is 9.58. The van der Waals surface area contributed by atoms with Crippen LogP contribution in [0.4, 0.5) is 0 Å². The molecule has 0 radical (unpaired) electrons. The Hall–Kier alpha value is -1.89. The maximum Gasteiger partial charge on any atom is 0.243 e. The third kappa shape index (κ3) is 5.13. The lowest BCUT2D eigenvalue weighted by molar-refractivity contribution is -0.122. The van der Waals surface area contributed by atoms with Gasteiger partial charge in [0.25, 0.3) is 0 Å². The topological polar surface area (TPSA) is 66.5 Å². The van der Waals surface area contributed by atoms with Gasteiger partial charge in [-0.2, -0.15) is 4.31 Å². The van der Waals surface area contributed by atoms with Crippen LogP contribution < -0.4 is 5.32 Å². The molecule has 1 N–H and O–H groups in total. The number of hydrogen-bond donors (Lipinski definition) is 1. The Morgan fingerprint density at radius 3 is 2.39 bits per heavy atom. The van der Waals surface area contributed by atoms with Gasteiger partial charge in [0.1, 0.15) is 0 Å². The molecule has 1 aliphatic rings. The standard InChI is InChI=1S/C21H25ClN2O3S/c1-16-6-2-3-7-17(16)14-24(15-21(25)23-19-8-4-5-9-19)28(26,27)20-12-10-18(22)11-13-20/h2-3,6-7,10-13,19H,4-5,8-9,14-15H2,1H3,(H,23,25). The third-order valence-corrected chi connectivity index (χ3v) is 7.16. The van der Waals surface area contributed by atoms with Crippen LogP contribution >= 0.6 is 11.6 Å². The molecule has 0 saturated heterocycles. The Balaban J connectivity index is 1.85. The molecule has 0 spiro atoms. The lowest BCUT2D eigenvalue weighted by Crippen LogP contribution is -2.43. The molecular weight excluding hydrogens is 396 g/mol. The molecule has 1 aliphatic carbocycles.